The molecule has 1 aromatic heterocycles. The molecule has 0 bridgehead atoms. The van der Waals surface area contributed by atoms with Gasteiger partial charge in [0.2, 0.25) is 0 Å². The predicted molar refractivity (Wildman–Crippen MR) is 95.7 cm³/mol. The van der Waals surface area contributed by atoms with E-state index in [0.29, 0.717) is 18.6 Å². The van der Waals surface area contributed by atoms with Crippen LogP contribution in [0, 0.1) is 0 Å². The van der Waals surface area contributed by atoms with Crippen LogP contribution < -0.4 is 0 Å². The zero-order chi connectivity index (χ0) is 16.8. The van der Waals surface area contributed by atoms with Gasteiger partial charge in [-0.1, -0.05) is 53.4 Å². The van der Waals surface area contributed by atoms with Gasteiger partial charge in [-0.3, -0.25) is 0 Å². The van der Waals surface area contributed by atoms with E-state index in [-0.39, 0.29) is 5.97 Å². The van der Waals surface area contributed by atoms with Crippen LogP contribution >= 0.6 is 23.1 Å². The Hall–Kier alpha value is -2.18. The molecule has 0 aliphatic rings. The zero-order valence-corrected chi connectivity index (χ0v) is 14.8. The maximum atomic E-state index is 11.6. The molecule has 24 heavy (non-hydrogen) atoms. The van der Waals surface area contributed by atoms with E-state index < -0.39 is 0 Å². The maximum Gasteiger partial charge on any atom is 0.338 e. The van der Waals surface area contributed by atoms with Crippen LogP contribution in [0.1, 0.15) is 27.9 Å². The number of carbonyl (C=O) groups excluding carboxylic acids is 1. The summed E-state index contributed by atoms with van der Waals surface area (Å²) in [6, 6.07) is 17.6. The van der Waals surface area contributed by atoms with Crippen LogP contribution in [0.4, 0.5) is 0 Å². The number of hydrogen-bond donors (Lipinski definition) is 0. The van der Waals surface area contributed by atoms with Gasteiger partial charge in [-0.2, -0.15) is 0 Å². The maximum absolute atomic E-state index is 11.6. The first-order chi connectivity index (χ1) is 11.7. The molecule has 0 saturated carbocycles. The van der Waals surface area contributed by atoms with Crippen molar-refractivity contribution in [3.63, 3.8) is 0 Å². The number of ether oxygens (including phenoxy) is 1. The lowest BCUT2D eigenvalue weighted by molar-refractivity contribution is 0.0526. The van der Waals surface area contributed by atoms with Crippen LogP contribution in [0.3, 0.4) is 0 Å². The number of rotatable bonds is 6. The highest BCUT2D eigenvalue weighted by atomic mass is 32.2. The Morgan fingerprint density at radius 1 is 1.08 bits per heavy atom. The number of carbonyl (C=O) groups is 1. The number of hydrogen-bond acceptors (Lipinski definition) is 6. The number of benzene rings is 2. The Morgan fingerprint density at radius 3 is 2.54 bits per heavy atom. The molecule has 2 aromatic carbocycles. The number of aromatic nitrogens is 2. The van der Waals surface area contributed by atoms with Crippen molar-refractivity contribution in [3.8, 4) is 0 Å². The van der Waals surface area contributed by atoms with Crippen LogP contribution in [0.25, 0.3) is 0 Å². The van der Waals surface area contributed by atoms with Gasteiger partial charge in [0.15, 0.2) is 4.34 Å². The van der Waals surface area contributed by atoms with Crippen molar-refractivity contribution in [2.45, 2.75) is 22.6 Å². The molecule has 0 amide bonds. The monoisotopic (exact) mass is 356 g/mol. The summed E-state index contributed by atoms with van der Waals surface area (Å²) in [5, 5.41) is 9.44. The van der Waals surface area contributed by atoms with E-state index in [0.717, 1.165) is 19.8 Å². The second-order valence-electron chi connectivity index (χ2n) is 4.97. The molecule has 0 aliphatic heterocycles. The van der Waals surface area contributed by atoms with Gasteiger partial charge in [0.05, 0.1) is 12.2 Å². The van der Waals surface area contributed by atoms with E-state index in [1.807, 2.05) is 30.3 Å². The molecule has 0 spiro atoms. The third kappa shape index (κ3) is 4.43. The molecule has 0 aliphatic carbocycles. The molecular weight excluding hydrogens is 340 g/mol. The fourth-order valence-electron chi connectivity index (χ4n) is 2.09. The molecule has 122 valence electrons. The van der Waals surface area contributed by atoms with Crippen LogP contribution in [-0.4, -0.2) is 22.8 Å². The van der Waals surface area contributed by atoms with Gasteiger partial charge >= 0.3 is 5.97 Å². The summed E-state index contributed by atoms with van der Waals surface area (Å²) in [5.74, 6) is -0.290. The van der Waals surface area contributed by atoms with E-state index in [1.54, 1.807) is 42.2 Å². The fourth-order valence-corrected chi connectivity index (χ4v) is 4.01. The molecule has 0 atom stereocenters. The Morgan fingerprint density at radius 2 is 1.83 bits per heavy atom. The highest BCUT2D eigenvalue weighted by Gasteiger charge is 2.09. The highest BCUT2D eigenvalue weighted by molar-refractivity contribution is 8.01. The van der Waals surface area contributed by atoms with Crippen molar-refractivity contribution >= 4 is 29.1 Å². The van der Waals surface area contributed by atoms with Gasteiger partial charge < -0.3 is 4.74 Å². The normalized spacial score (nSPS) is 10.5. The third-order valence-corrected chi connectivity index (χ3v) is 5.20. The smallest absolute Gasteiger partial charge is 0.338 e. The molecule has 0 radical (unpaired) electrons. The molecule has 6 heteroatoms. The van der Waals surface area contributed by atoms with Crippen molar-refractivity contribution in [2.75, 3.05) is 6.61 Å². The van der Waals surface area contributed by atoms with E-state index in [9.17, 15) is 4.79 Å². The molecule has 0 unspecified atom stereocenters. The molecule has 4 nitrogen and oxygen atoms in total. The topological polar surface area (TPSA) is 52.1 Å². The van der Waals surface area contributed by atoms with Crippen molar-refractivity contribution in [1.82, 2.24) is 10.2 Å². The van der Waals surface area contributed by atoms with Gasteiger partial charge in [-0.15, -0.1) is 10.2 Å². The lowest BCUT2D eigenvalue weighted by Gasteiger charge is -2.02. The average Bonchev–Trinajstić information content (AvgIpc) is 3.03. The van der Waals surface area contributed by atoms with E-state index in [4.69, 9.17) is 4.74 Å². The summed E-state index contributed by atoms with van der Waals surface area (Å²) < 4.78 is 5.91. The summed E-state index contributed by atoms with van der Waals surface area (Å²) in [7, 11) is 0. The quantitative estimate of drug-likeness (QED) is 0.611. The van der Waals surface area contributed by atoms with Crippen molar-refractivity contribution in [1.29, 1.82) is 0 Å². The molecular formula is C18H16N2O2S2. The third-order valence-electron chi connectivity index (χ3n) is 3.22. The van der Waals surface area contributed by atoms with Crippen molar-refractivity contribution in [3.05, 3.63) is 70.7 Å². The summed E-state index contributed by atoms with van der Waals surface area (Å²) in [4.78, 5) is 12.8. The Balaban J connectivity index is 1.63. The standard InChI is InChI=1S/C18H16N2O2S2/c1-2-22-17(21)14-10-8-13(9-11-14)12-16-19-20-18(24-16)23-15-6-4-3-5-7-15/h3-11H,2,12H2,1H3. The van der Waals surface area contributed by atoms with Crippen LogP contribution in [-0.2, 0) is 11.2 Å². The van der Waals surface area contributed by atoms with Crippen LogP contribution in [0.5, 0.6) is 0 Å². The van der Waals surface area contributed by atoms with Crippen LogP contribution in [0.15, 0.2) is 63.8 Å². The summed E-state index contributed by atoms with van der Waals surface area (Å²) >= 11 is 3.20. The lowest BCUT2D eigenvalue weighted by Crippen LogP contribution is -2.04. The molecule has 3 rings (SSSR count). The molecule has 0 saturated heterocycles. The van der Waals surface area contributed by atoms with Gasteiger partial charge in [0, 0.05) is 11.3 Å². The summed E-state index contributed by atoms with van der Waals surface area (Å²) in [6.07, 6.45) is 0.704. The minimum Gasteiger partial charge on any atom is -0.462 e. The van der Waals surface area contributed by atoms with Gasteiger partial charge in [-0.25, -0.2) is 4.79 Å². The van der Waals surface area contributed by atoms with E-state index in [2.05, 4.69) is 22.3 Å². The second kappa shape index (κ2) is 8.08. The minimum atomic E-state index is -0.290. The van der Waals surface area contributed by atoms with Crippen LogP contribution in [0.2, 0.25) is 0 Å². The van der Waals surface area contributed by atoms with E-state index >= 15 is 0 Å². The molecule has 3 aromatic rings. The van der Waals surface area contributed by atoms with E-state index in [1.165, 1.54) is 0 Å². The number of nitrogens with zero attached hydrogens (tertiary/aromatic N) is 2. The molecule has 0 fully saturated rings. The fraction of sp³-hybridized carbons (Fsp3) is 0.167. The first-order valence-electron chi connectivity index (χ1n) is 7.56. The summed E-state index contributed by atoms with van der Waals surface area (Å²) in [6.45, 7) is 2.18. The minimum absolute atomic E-state index is 0.290. The number of esters is 1. The predicted octanol–water partition coefficient (Wildman–Crippen LogP) is 4.46. The summed E-state index contributed by atoms with van der Waals surface area (Å²) in [5.41, 5.74) is 1.66. The highest BCUT2D eigenvalue weighted by Crippen LogP contribution is 2.30. The Kier molecular flexibility index (Phi) is 5.61. The largest absolute Gasteiger partial charge is 0.462 e. The van der Waals surface area contributed by atoms with Crippen molar-refractivity contribution < 1.29 is 9.53 Å². The zero-order valence-electron chi connectivity index (χ0n) is 13.1. The Labute approximate surface area is 148 Å². The lowest BCUT2D eigenvalue weighted by atomic mass is 10.1. The molecule has 1 heterocycles. The average molecular weight is 356 g/mol. The SMILES string of the molecule is CCOC(=O)c1ccc(Cc2nnc(Sc3ccccc3)s2)cc1. The second-order valence-corrected chi connectivity index (χ2v) is 7.35. The first kappa shape index (κ1) is 16.7. The van der Waals surface area contributed by atoms with Gasteiger partial charge in [0.25, 0.3) is 0 Å². The van der Waals surface area contributed by atoms with Crippen molar-refractivity contribution in [2.24, 2.45) is 0 Å². The first-order valence-corrected chi connectivity index (χ1v) is 9.19. The van der Waals surface area contributed by atoms with Gasteiger partial charge in [-0.05, 0) is 36.8 Å². The van der Waals surface area contributed by atoms with Gasteiger partial charge in [0.1, 0.15) is 5.01 Å². The Bertz CT molecular complexity index is 801. The molecule has 0 N–H and O–H groups in total.